The number of carbonyl (C=O) groups is 2. The third-order valence-electron chi connectivity index (χ3n) is 3.36. The summed E-state index contributed by atoms with van der Waals surface area (Å²) in [4.78, 5) is 39.7. The first-order chi connectivity index (χ1) is 11.4. The molecule has 8 heteroatoms. The molecule has 0 saturated heterocycles. The van der Waals surface area contributed by atoms with E-state index in [1.807, 2.05) is 0 Å². The van der Waals surface area contributed by atoms with Crippen molar-refractivity contribution in [1.82, 2.24) is 14.9 Å². The molecule has 0 aliphatic rings. The largest absolute Gasteiger partial charge is 0.465 e. The smallest absolute Gasteiger partial charge is 0.345 e. The number of nitrogens with one attached hydrogen (secondary N) is 1. The summed E-state index contributed by atoms with van der Waals surface area (Å²) in [6.45, 7) is 1.45. The quantitative estimate of drug-likeness (QED) is 0.817. The number of ether oxygens (including phenoxy) is 1. The minimum atomic E-state index is -0.812. The molecule has 1 aromatic carbocycles. The van der Waals surface area contributed by atoms with Crippen molar-refractivity contribution in [3.63, 3.8) is 0 Å². The minimum absolute atomic E-state index is 0.192. The van der Waals surface area contributed by atoms with Gasteiger partial charge in [0.25, 0.3) is 5.56 Å². The summed E-state index contributed by atoms with van der Waals surface area (Å²) < 4.78 is 18.4. The Hall–Kier alpha value is -3.03. The van der Waals surface area contributed by atoms with E-state index in [1.165, 1.54) is 12.1 Å². The van der Waals surface area contributed by atoms with Crippen molar-refractivity contribution in [3.8, 4) is 0 Å². The van der Waals surface area contributed by atoms with Gasteiger partial charge in [-0.25, -0.2) is 14.2 Å². The Balaban J connectivity index is 2.09. The summed E-state index contributed by atoms with van der Waals surface area (Å²) in [6.07, 6.45) is 1.12. The standard InChI is InChI=1S/C16H16FN3O4/c1-10-18-8-13(16(23)24-2)15(22)20(10)9-14(21)19-7-11-3-5-12(17)6-4-11/h3-6,8H,7,9H2,1-2H3,(H,19,21). The van der Waals surface area contributed by atoms with Crippen LogP contribution in [-0.2, 0) is 22.6 Å². The number of halogens is 1. The first kappa shape index (κ1) is 17.3. The molecule has 2 aromatic rings. The van der Waals surface area contributed by atoms with E-state index in [0.29, 0.717) is 5.82 Å². The van der Waals surface area contributed by atoms with Crippen LogP contribution in [0, 0.1) is 12.7 Å². The zero-order valence-electron chi connectivity index (χ0n) is 13.2. The fourth-order valence-electron chi connectivity index (χ4n) is 2.01. The van der Waals surface area contributed by atoms with Crippen molar-refractivity contribution in [2.45, 2.75) is 20.0 Å². The van der Waals surface area contributed by atoms with Crippen molar-refractivity contribution in [2.24, 2.45) is 0 Å². The van der Waals surface area contributed by atoms with E-state index in [4.69, 9.17) is 0 Å². The van der Waals surface area contributed by atoms with E-state index in [-0.39, 0.29) is 24.5 Å². The zero-order chi connectivity index (χ0) is 17.7. The topological polar surface area (TPSA) is 90.3 Å². The van der Waals surface area contributed by atoms with E-state index in [0.717, 1.165) is 23.4 Å². The van der Waals surface area contributed by atoms with Gasteiger partial charge in [-0.2, -0.15) is 0 Å². The molecule has 1 heterocycles. The van der Waals surface area contributed by atoms with E-state index in [1.54, 1.807) is 19.1 Å². The Labute approximate surface area is 137 Å². The number of aryl methyl sites for hydroxylation is 1. The lowest BCUT2D eigenvalue weighted by Gasteiger charge is -2.11. The van der Waals surface area contributed by atoms with Gasteiger partial charge in [-0.1, -0.05) is 12.1 Å². The van der Waals surface area contributed by atoms with Crippen LogP contribution in [0.15, 0.2) is 35.3 Å². The summed E-state index contributed by atoms with van der Waals surface area (Å²) in [7, 11) is 1.15. The van der Waals surface area contributed by atoms with Gasteiger partial charge in [0.1, 0.15) is 23.7 Å². The van der Waals surface area contributed by atoms with E-state index in [2.05, 4.69) is 15.0 Å². The molecule has 0 bridgehead atoms. The number of benzene rings is 1. The summed E-state index contributed by atoms with van der Waals surface area (Å²) in [5.41, 5.74) is -0.170. The average molecular weight is 333 g/mol. The lowest BCUT2D eigenvalue weighted by molar-refractivity contribution is -0.121. The number of methoxy groups -OCH3 is 1. The second-order valence-corrected chi connectivity index (χ2v) is 5.01. The summed E-state index contributed by atoms with van der Waals surface area (Å²) in [5, 5.41) is 2.62. The van der Waals surface area contributed by atoms with Crippen molar-refractivity contribution in [2.75, 3.05) is 7.11 Å². The Morgan fingerprint density at radius 3 is 2.58 bits per heavy atom. The summed E-state index contributed by atoms with van der Waals surface area (Å²) in [5.74, 6) is -1.32. The molecule has 0 fully saturated rings. The van der Waals surface area contributed by atoms with Gasteiger partial charge in [0.15, 0.2) is 0 Å². The Bertz CT molecular complexity index is 815. The van der Waals surface area contributed by atoms with Crippen LogP contribution in [0.1, 0.15) is 21.7 Å². The molecule has 2 rings (SSSR count). The number of amides is 1. The first-order valence-electron chi connectivity index (χ1n) is 7.08. The highest BCUT2D eigenvalue weighted by Gasteiger charge is 2.16. The molecule has 7 nitrogen and oxygen atoms in total. The average Bonchev–Trinajstić information content (AvgIpc) is 2.57. The van der Waals surface area contributed by atoms with E-state index >= 15 is 0 Å². The Kier molecular flexibility index (Phi) is 5.41. The van der Waals surface area contributed by atoms with Gasteiger partial charge in [0.2, 0.25) is 5.91 Å². The van der Waals surface area contributed by atoms with Gasteiger partial charge in [0, 0.05) is 12.7 Å². The lowest BCUT2D eigenvalue weighted by atomic mass is 10.2. The third kappa shape index (κ3) is 4.03. The molecule has 1 amide bonds. The predicted octanol–water partition coefficient (Wildman–Crippen LogP) is 0.794. The van der Waals surface area contributed by atoms with Crippen LogP contribution < -0.4 is 10.9 Å². The maximum Gasteiger partial charge on any atom is 0.345 e. The highest BCUT2D eigenvalue weighted by Crippen LogP contribution is 2.02. The fraction of sp³-hybridized carbons (Fsp3) is 0.250. The van der Waals surface area contributed by atoms with Crippen LogP contribution in [-0.4, -0.2) is 28.5 Å². The second kappa shape index (κ2) is 7.49. The van der Waals surface area contributed by atoms with Crippen molar-refractivity contribution < 1.29 is 18.7 Å². The number of hydrogen-bond donors (Lipinski definition) is 1. The number of nitrogens with zero attached hydrogens (tertiary/aromatic N) is 2. The van der Waals surface area contributed by atoms with Crippen molar-refractivity contribution in [3.05, 3.63) is 63.6 Å². The van der Waals surface area contributed by atoms with Crippen LogP contribution in [0.25, 0.3) is 0 Å². The highest BCUT2D eigenvalue weighted by atomic mass is 19.1. The summed E-state index contributed by atoms with van der Waals surface area (Å²) >= 11 is 0. The molecular weight excluding hydrogens is 317 g/mol. The fourth-order valence-corrected chi connectivity index (χ4v) is 2.01. The second-order valence-electron chi connectivity index (χ2n) is 5.01. The number of rotatable bonds is 5. The molecule has 0 aliphatic heterocycles. The van der Waals surface area contributed by atoms with Crippen molar-refractivity contribution in [1.29, 1.82) is 0 Å². The minimum Gasteiger partial charge on any atom is -0.465 e. The van der Waals surface area contributed by atoms with Crippen molar-refractivity contribution >= 4 is 11.9 Å². The highest BCUT2D eigenvalue weighted by molar-refractivity contribution is 5.88. The van der Waals surface area contributed by atoms with Crippen LogP contribution in [0.4, 0.5) is 4.39 Å². The third-order valence-corrected chi connectivity index (χ3v) is 3.36. The molecule has 0 saturated carbocycles. The van der Waals surface area contributed by atoms with Crippen LogP contribution in [0.2, 0.25) is 0 Å². The van der Waals surface area contributed by atoms with Gasteiger partial charge in [-0.3, -0.25) is 14.2 Å². The maximum atomic E-state index is 12.8. The molecule has 1 aromatic heterocycles. The Morgan fingerprint density at radius 2 is 1.96 bits per heavy atom. The number of carbonyl (C=O) groups excluding carboxylic acids is 2. The monoisotopic (exact) mass is 333 g/mol. The molecule has 0 atom stereocenters. The predicted molar refractivity (Wildman–Crippen MR) is 82.8 cm³/mol. The number of hydrogen-bond acceptors (Lipinski definition) is 5. The number of aromatic nitrogens is 2. The molecule has 24 heavy (non-hydrogen) atoms. The molecule has 0 radical (unpaired) electrons. The number of esters is 1. The van der Waals surface area contributed by atoms with E-state index in [9.17, 15) is 18.8 Å². The normalized spacial score (nSPS) is 10.3. The summed E-state index contributed by atoms with van der Waals surface area (Å²) in [6, 6.07) is 5.68. The molecule has 126 valence electrons. The van der Waals surface area contributed by atoms with Crippen LogP contribution in [0.5, 0.6) is 0 Å². The zero-order valence-corrected chi connectivity index (χ0v) is 13.2. The first-order valence-corrected chi connectivity index (χ1v) is 7.08. The van der Waals surface area contributed by atoms with Crippen LogP contribution in [0.3, 0.4) is 0 Å². The van der Waals surface area contributed by atoms with Gasteiger partial charge in [-0.05, 0) is 24.6 Å². The lowest BCUT2D eigenvalue weighted by Crippen LogP contribution is -2.36. The SMILES string of the molecule is COC(=O)c1cnc(C)n(CC(=O)NCc2ccc(F)cc2)c1=O. The Morgan fingerprint density at radius 1 is 1.29 bits per heavy atom. The van der Waals surface area contributed by atoms with Gasteiger partial charge < -0.3 is 10.1 Å². The molecule has 1 N–H and O–H groups in total. The maximum absolute atomic E-state index is 12.8. The molecule has 0 unspecified atom stereocenters. The molecule has 0 aliphatic carbocycles. The van der Waals surface area contributed by atoms with Gasteiger partial charge in [0.05, 0.1) is 7.11 Å². The van der Waals surface area contributed by atoms with Gasteiger partial charge >= 0.3 is 5.97 Å². The van der Waals surface area contributed by atoms with E-state index < -0.39 is 17.4 Å². The van der Waals surface area contributed by atoms with Crippen LogP contribution >= 0.6 is 0 Å². The molecular formula is C16H16FN3O4. The molecule has 0 spiro atoms. The van der Waals surface area contributed by atoms with Gasteiger partial charge in [-0.15, -0.1) is 0 Å².